The van der Waals surface area contributed by atoms with Crippen molar-refractivity contribution in [1.82, 2.24) is 0 Å². The highest BCUT2D eigenvalue weighted by molar-refractivity contribution is 5.85. The maximum absolute atomic E-state index is 6.17. The standard InChI is InChI=1S/C14H18N2.ClH/c1-2-14(16)9-7-12(8-10-14)11-3-5-13(15)6-4-11;/h3-9H,2,10,15-16H2,1H3;1H. The molecule has 0 aliphatic heterocycles. The Morgan fingerprint density at radius 1 is 1.24 bits per heavy atom. The molecule has 92 valence electrons. The summed E-state index contributed by atoms with van der Waals surface area (Å²) in [7, 11) is 0. The van der Waals surface area contributed by atoms with Crippen molar-refractivity contribution in [2.24, 2.45) is 5.73 Å². The lowest BCUT2D eigenvalue weighted by Crippen LogP contribution is -2.37. The molecule has 1 atom stereocenters. The number of hydrogen-bond donors (Lipinski definition) is 2. The fourth-order valence-corrected chi connectivity index (χ4v) is 1.84. The Hall–Kier alpha value is -1.25. The fraction of sp³-hybridized carbons (Fsp3) is 0.286. The van der Waals surface area contributed by atoms with Crippen LogP contribution in [-0.2, 0) is 0 Å². The molecule has 1 aromatic carbocycles. The van der Waals surface area contributed by atoms with Gasteiger partial charge in [-0.25, -0.2) is 0 Å². The Morgan fingerprint density at radius 2 is 1.88 bits per heavy atom. The van der Waals surface area contributed by atoms with Crippen LogP contribution in [0.2, 0.25) is 0 Å². The van der Waals surface area contributed by atoms with Gasteiger partial charge in [0.25, 0.3) is 0 Å². The van der Waals surface area contributed by atoms with E-state index in [4.69, 9.17) is 11.5 Å². The zero-order valence-corrected chi connectivity index (χ0v) is 10.8. The molecule has 0 saturated heterocycles. The van der Waals surface area contributed by atoms with Crippen LogP contribution in [0.4, 0.5) is 5.69 Å². The molecule has 1 aromatic rings. The van der Waals surface area contributed by atoms with Crippen molar-refractivity contribution >= 4 is 23.7 Å². The Bertz CT molecular complexity index is 434. The molecule has 1 aliphatic carbocycles. The van der Waals surface area contributed by atoms with Crippen molar-refractivity contribution in [2.75, 3.05) is 5.73 Å². The van der Waals surface area contributed by atoms with Gasteiger partial charge in [-0.15, -0.1) is 12.4 Å². The number of halogens is 1. The van der Waals surface area contributed by atoms with Gasteiger partial charge < -0.3 is 11.5 Å². The highest BCUT2D eigenvalue weighted by Crippen LogP contribution is 2.27. The molecule has 17 heavy (non-hydrogen) atoms. The van der Waals surface area contributed by atoms with Crippen molar-refractivity contribution in [3.05, 3.63) is 48.1 Å². The van der Waals surface area contributed by atoms with Crippen LogP contribution < -0.4 is 11.5 Å². The average Bonchev–Trinajstić information content (AvgIpc) is 2.32. The summed E-state index contributed by atoms with van der Waals surface area (Å²) in [6.07, 6.45) is 8.29. The first-order valence-electron chi connectivity index (χ1n) is 5.67. The number of nitrogen functional groups attached to an aromatic ring is 1. The molecule has 3 heteroatoms. The molecule has 0 heterocycles. The van der Waals surface area contributed by atoms with Gasteiger partial charge in [-0.05, 0) is 36.1 Å². The first kappa shape index (κ1) is 13.8. The minimum atomic E-state index is -0.155. The lowest BCUT2D eigenvalue weighted by Gasteiger charge is -2.26. The van der Waals surface area contributed by atoms with E-state index in [2.05, 4.69) is 25.2 Å². The summed E-state index contributed by atoms with van der Waals surface area (Å²) in [6.45, 7) is 2.12. The normalized spacial score (nSPS) is 22.8. The maximum atomic E-state index is 6.17. The third-order valence-electron chi connectivity index (χ3n) is 3.20. The second-order valence-electron chi connectivity index (χ2n) is 4.41. The van der Waals surface area contributed by atoms with Crippen LogP contribution in [0, 0.1) is 0 Å². The summed E-state index contributed by atoms with van der Waals surface area (Å²) in [6, 6.07) is 7.93. The van der Waals surface area contributed by atoms with Crippen LogP contribution in [0.3, 0.4) is 0 Å². The second kappa shape index (κ2) is 5.39. The number of allylic oxidation sites excluding steroid dienone is 2. The van der Waals surface area contributed by atoms with Gasteiger partial charge in [0, 0.05) is 11.2 Å². The lowest BCUT2D eigenvalue weighted by atomic mass is 9.86. The van der Waals surface area contributed by atoms with E-state index in [0.717, 1.165) is 18.5 Å². The summed E-state index contributed by atoms with van der Waals surface area (Å²) < 4.78 is 0. The molecule has 1 unspecified atom stereocenters. The number of hydrogen-bond acceptors (Lipinski definition) is 2. The van der Waals surface area contributed by atoms with E-state index >= 15 is 0 Å². The molecule has 0 fully saturated rings. The van der Waals surface area contributed by atoms with Gasteiger partial charge in [-0.3, -0.25) is 0 Å². The van der Waals surface area contributed by atoms with Crippen LogP contribution in [0.5, 0.6) is 0 Å². The number of nitrogens with two attached hydrogens (primary N) is 2. The van der Waals surface area contributed by atoms with E-state index < -0.39 is 0 Å². The minimum Gasteiger partial charge on any atom is -0.399 e. The number of rotatable bonds is 2. The van der Waals surface area contributed by atoms with Gasteiger partial charge in [0.2, 0.25) is 0 Å². The van der Waals surface area contributed by atoms with Crippen LogP contribution in [0.1, 0.15) is 25.3 Å². The molecule has 2 rings (SSSR count). The molecule has 0 amide bonds. The number of anilines is 1. The summed E-state index contributed by atoms with van der Waals surface area (Å²) in [5.41, 5.74) is 14.9. The molecular formula is C14H19ClN2. The Balaban J connectivity index is 0.00000144. The van der Waals surface area contributed by atoms with E-state index in [1.54, 1.807) is 0 Å². The van der Waals surface area contributed by atoms with E-state index in [0.29, 0.717) is 0 Å². The van der Waals surface area contributed by atoms with E-state index in [-0.39, 0.29) is 17.9 Å². The predicted octanol–water partition coefficient (Wildman–Crippen LogP) is 3.14. The van der Waals surface area contributed by atoms with Crippen LogP contribution in [-0.4, -0.2) is 5.54 Å². The molecule has 0 radical (unpaired) electrons. The molecule has 0 saturated carbocycles. The molecular weight excluding hydrogens is 232 g/mol. The third kappa shape index (κ3) is 3.11. The van der Waals surface area contributed by atoms with Crippen LogP contribution >= 0.6 is 12.4 Å². The van der Waals surface area contributed by atoms with Gasteiger partial charge in [0.1, 0.15) is 0 Å². The van der Waals surface area contributed by atoms with Crippen LogP contribution in [0.15, 0.2) is 42.5 Å². The third-order valence-corrected chi connectivity index (χ3v) is 3.20. The number of benzene rings is 1. The fourth-order valence-electron chi connectivity index (χ4n) is 1.84. The SMILES string of the molecule is CCC1(N)C=CC(c2ccc(N)cc2)=CC1.Cl. The molecule has 0 aromatic heterocycles. The monoisotopic (exact) mass is 250 g/mol. The average molecular weight is 251 g/mol. The minimum absolute atomic E-state index is 0. The zero-order chi connectivity index (χ0) is 11.6. The van der Waals surface area contributed by atoms with E-state index in [9.17, 15) is 0 Å². The Morgan fingerprint density at radius 3 is 2.35 bits per heavy atom. The Kier molecular flexibility index (Phi) is 4.38. The van der Waals surface area contributed by atoms with Crippen molar-refractivity contribution in [1.29, 1.82) is 0 Å². The first-order valence-corrected chi connectivity index (χ1v) is 5.67. The van der Waals surface area contributed by atoms with E-state index in [1.165, 1.54) is 11.1 Å². The van der Waals surface area contributed by atoms with Gasteiger partial charge in [0.05, 0.1) is 0 Å². The lowest BCUT2D eigenvalue weighted by molar-refractivity contribution is 0.514. The summed E-state index contributed by atoms with van der Waals surface area (Å²) in [5.74, 6) is 0. The van der Waals surface area contributed by atoms with Crippen molar-refractivity contribution in [2.45, 2.75) is 25.3 Å². The molecule has 0 spiro atoms. The topological polar surface area (TPSA) is 52.0 Å². The molecule has 0 bridgehead atoms. The van der Waals surface area contributed by atoms with Crippen LogP contribution in [0.25, 0.3) is 5.57 Å². The summed E-state index contributed by atoms with van der Waals surface area (Å²) in [4.78, 5) is 0. The molecule has 4 N–H and O–H groups in total. The van der Waals surface area contributed by atoms with Gasteiger partial charge in [-0.1, -0.05) is 37.3 Å². The maximum Gasteiger partial charge on any atom is 0.0374 e. The Labute approximate surface area is 109 Å². The molecule has 1 aliphatic rings. The second-order valence-corrected chi connectivity index (χ2v) is 4.41. The smallest absolute Gasteiger partial charge is 0.0374 e. The molecule has 2 nitrogen and oxygen atoms in total. The summed E-state index contributed by atoms with van der Waals surface area (Å²) in [5, 5.41) is 0. The van der Waals surface area contributed by atoms with E-state index in [1.807, 2.05) is 24.3 Å². The largest absolute Gasteiger partial charge is 0.399 e. The highest BCUT2D eigenvalue weighted by atomic mass is 35.5. The van der Waals surface area contributed by atoms with Crippen molar-refractivity contribution in [3.8, 4) is 0 Å². The van der Waals surface area contributed by atoms with Crippen molar-refractivity contribution in [3.63, 3.8) is 0 Å². The summed E-state index contributed by atoms with van der Waals surface area (Å²) >= 11 is 0. The highest BCUT2D eigenvalue weighted by Gasteiger charge is 2.20. The van der Waals surface area contributed by atoms with Gasteiger partial charge in [0.15, 0.2) is 0 Å². The van der Waals surface area contributed by atoms with Gasteiger partial charge >= 0.3 is 0 Å². The zero-order valence-electron chi connectivity index (χ0n) is 10.0. The predicted molar refractivity (Wildman–Crippen MR) is 77.0 cm³/mol. The van der Waals surface area contributed by atoms with Gasteiger partial charge in [-0.2, -0.15) is 0 Å². The quantitative estimate of drug-likeness (QED) is 0.793. The van der Waals surface area contributed by atoms with Crippen molar-refractivity contribution < 1.29 is 0 Å². The first-order chi connectivity index (χ1) is 7.63.